The summed E-state index contributed by atoms with van der Waals surface area (Å²) >= 11 is 1.64. The van der Waals surface area contributed by atoms with Crippen LogP contribution in [0.4, 0.5) is 0 Å². The van der Waals surface area contributed by atoms with Crippen LogP contribution >= 0.6 is 11.8 Å². The molecule has 1 unspecified atom stereocenters. The van der Waals surface area contributed by atoms with Crippen LogP contribution in [0.15, 0.2) is 24.3 Å². The molecule has 5 aliphatic rings. The van der Waals surface area contributed by atoms with Gasteiger partial charge in [-0.05, 0) is 51.9 Å². The molecule has 4 heterocycles. The Bertz CT molecular complexity index is 962. The van der Waals surface area contributed by atoms with E-state index in [0.29, 0.717) is 19.7 Å². The van der Waals surface area contributed by atoms with Gasteiger partial charge < -0.3 is 19.6 Å². The van der Waals surface area contributed by atoms with E-state index in [9.17, 15) is 14.4 Å². The monoisotopic (exact) mass is 544 g/mol. The average molecular weight is 545 g/mol. The maximum atomic E-state index is 14.5. The first-order chi connectivity index (χ1) is 18.4. The highest BCUT2D eigenvalue weighted by Crippen LogP contribution is 2.65. The number of hydrogen-bond donors (Lipinski definition) is 1. The number of ether oxygens (including phenoxy) is 1. The predicted octanol–water partition coefficient (Wildman–Crippen LogP) is 4.24. The van der Waals surface area contributed by atoms with Gasteiger partial charge in [0.05, 0.1) is 23.2 Å². The van der Waals surface area contributed by atoms with E-state index in [1.165, 1.54) is 6.42 Å². The minimum absolute atomic E-state index is 0.0465. The zero-order valence-corrected chi connectivity index (χ0v) is 23.6. The fraction of sp³-hybridized carbons (Fsp3) is 0.767. The number of aliphatic hydroxyl groups is 1. The molecule has 7 nitrogen and oxygen atoms in total. The topological polar surface area (TPSA) is 87.1 Å². The molecule has 1 spiro atoms. The molecule has 2 saturated heterocycles. The van der Waals surface area contributed by atoms with Gasteiger partial charge in [-0.1, -0.05) is 56.4 Å². The molecule has 1 saturated carbocycles. The fourth-order valence-corrected chi connectivity index (χ4v) is 9.68. The van der Waals surface area contributed by atoms with E-state index in [0.717, 1.165) is 70.6 Å². The van der Waals surface area contributed by atoms with E-state index >= 15 is 0 Å². The summed E-state index contributed by atoms with van der Waals surface area (Å²) in [6.07, 6.45) is 20.0. The Kier molecular flexibility index (Phi) is 8.58. The van der Waals surface area contributed by atoms with Crippen LogP contribution in [0.5, 0.6) is 0 Å². The number of hydrogen-bond acceptors (Lipinski definition) is 6. The van der Waals surface area contributed by atoms with Crippen LogP contribution in [0.2, 0.25) is 0 Å². The molecule has 3 fully saturated rings. The van der Waals surface area contributed by atoms with Crippen molar-refractivity contribution < 1.29 is 24.2 Å². The Morgan fingerprint density at radius 2 is 1.74 bits per heavy atom. The standard InChI is InChI=1S/C30H44N2O5S/c1-29-16-9-2-5-12-21-37-28(36)24(29)23-26(34)32(18-10-3-4-11-20-33)25-27(35)31(22-14-7-6-8-15-22)19-13-17-30(23,25)38-29/h9,13,16-17,22-25,33H,2-8,10-12,14-15,18-21H2,1H3/b16-9-/t23-,24-,25?,29+,30-/m0/s1. The Hall–Kier alpha value is -1.80. The Morgan fingerprint density at radius 3 is 2.53 bits per heavy atom. The summed E-state index contributed by atoms with van der Waals surface area (Å²) in [5.74, 6) is -1.59. The lowest BCUT2D eigenvalue weighted by Crippen LogP contribution is -2.55. The third-order valence-corrected chi connectivity index (χ3v) is 11.2. The van der Waals surface area contributed by atoms with E-state index in [-0.39, 0.29) is 30.4 Å². The normalized spacial score (nSPS) is 36.9. The van der Waals surface area contributed by atoms with Crippen LogP contribution in [0.25, 0.3) is 0 Å². The van der Waals surface area contributed by atoms with Crippen molar-refractivity contribution in [3.63, 3.8) is 0 Å². The molecule has 2 amide bonds. The first-order valence-electron chi connectivity index (χ1n) is 14.9. The number of carbonyl (C=O) groups excluding carboxylic acids is 3. The van der Waals surface area contributed by atoms with E-state index in [1.807, 2.05) is 9.80 Å². The number of likely N-dealkylation sites (tertiary alicyclic amines) is 1. The van der Waals surface area contributed by atoms with Gasteiger partial charge in [-0.15, -0.1) is 11.8 Å². The van der Waals surface area contributed by atoms with E-state index < -0.39 is 27.4 Å². The lowest BCUT2D eigenvalue weighted by Gasteiger charge is -2.40. The average Bonchev–Trinajstić information content (AvgIpc) is 3.23. The summed E-state index contributed by atoms with van der Waals surface area (Å²) in [7, 11) is 0. The fourth-order valence-electron chi connectivity index (χ4n) is 7.52. The zero-order valence-electron chi connectivity index (χ0n) is 22.8. The molecule has 0 radical (unpaired) electrons. The highest BCUT2D eigenvalue weighted by atomic mass is 32.2. The van der Waals surface area contributed by atoms with Crippen LogP contribution in [0.1, 0.15) is 84.0 Å². The first-order valence-corrected chi connectivity index (χ1v) is 15.7. The summed E-state index contributed by atoms with van der Waals surface area (Å²) < 4.78 is 4.35. The number of rotatable bonds is 7. The van der Waals surface area contributed by atoms with Crippen molar-refractivity contribution in [1.29, 1.82) is 0 Å². The van der Waals surface area contributed by atoms with Gasteiger partial charge in [0.1, 0.15) is 6.04 Å². The molecular weight excluding hydrogens is 500 g/mol. The van der Waals surface area contributed by atoms with Crippen molar-refractivity contribution in [2.45, 2.75) is 106 Å². The van der Waals surface area contributed by atoms with Crippen molar-refractivity contribution in [1.82, 2.24) is 9.80 Å². The van der Waals surface area contributed by atoms with Crippen LogP contribution in [-0.2, 0) is 19.1 Å². The second kappa shape index (κ2) is 11.7. The minimum Gasteiger partial charge on any atom is -0.465 e. The predicted molar refractivity (Wildman–Crippen MR) is 148 cm³/mol. The van der Waals surface area contributed by atoms with E-state index in [2.05, 4.69) is 31.2 Å². The number of carbonyl (C=O) groups is 3. The summed E-state index contributed by atoms with van der Waals surface area (Å²) in [6, 6.07) is -0.400. The second-order valence-corrected chi connectivity index (χ2v) is 13.7. The molecule has 0 aromatic rings. The number of cyclic esters (lactones) is 1. The zero-order chi connectivity index (χ0) is 26.8. The van der Waals surface area contributed by atoms with Gasteiger partial charge in [0.2, 0.25) is 11.8 Å². The van der Waals surface area contributed by atoms with Gasteiger partial charge in [-0.25, -0.2) is 0 Å². The number of esters is 1. The van der Waals surface area contributed by atoms with Crippen LogP contribution < -0.4 is 0 Å². The van der Waals surface area contributed by atoms with Crippen molar-refractivity contribution in [3.05, 3.63) is 24.3 Å². The molecule has 8 heteroatoms. The largest absolute Gasteiger partial charge is 0.465 e. The van der Waals surface area contributed by atoms with E-state index in [1.54, 1.807) is 11.8 Å². The molecule has 5 atom stereocenters. The second-order valence-electron chi connectivity index (χ2n) is 11.9. The molecule has 4 aliphatic heterocycles. The minimum atomic E-state index is -0.792. The van der Waals surface area contributed by atoms with Crippen molar-refractivity contribution in [2.75, 3.05) is 26.3 Å². The number of amides is 2. The Morgan fingerprint density at radius 1 is 0.947 bits per heavy atom. The maximum Gasteiger partial charge on any atom is 0.311 e. The van der Waals surface area contributed by atoms with Gasteiger partial charge in [-0.2, -0.15) is 0 Å². The molecule has 0 aromatic heterocycles. The van der Waals surface area contributed by atoms with Gasteiger partial charge >= 0.3 is 5.97 Å². The van der Waals surface area contributed by atoms with Crippen LogP contribution in [0.3, 0.4) is 0 Å². The smallest absolute Gasteiger partial charge is 0.311 e. The van der Waals surface area contributed by atoms with Crippen LogP contribution in [-0.4, -0.2) is 80.6 Å². The first kappa shape index (κ1) is 27.8. The van der Waals surface area contributed by atoms with Crippen molar-refractivity contribution in [2.24, 2.45) is 11.8 Å². The summed E-state index contributed by atoms with van der Waals surface area (Å²) in [5, 5.41) is 9.17. The highest BCUT2D eigenvalue weighted by molar-refractivity contribution is 8.02. The number of fused-ring (bicyclic) bond motifs is 2. The molecule has 1 aliphatic carbocycles. The Balaban J connectivity index is 1.53. The number of nitrogens with zero attached hydrogens (tertiary/aromatic N) is 2. The third kappa shape index (κ3) is 4.96. The molecule has 0 aromatic carbocycles. The quantitative estimate of drug-likeness (QED) is 0.293. The van der Waals surface area contributed by atoms with Crippen molar-refractivity contribution >= 4 is 29.5 Å². The van der Waals surface area contributed by atoms with E-state index in [4.69, 9.17) is 9.84 Å². The van der Waals surface area contributed by atoms with Crippen molar-refractivity contribution in [3.8, 4) is 0 Å². The molecule has 5 rings (SSSR count). The number of thioether (sulfide) groups is 1. The molecule has 210 valence electrons. The number of aliphatic hydroxyl groups excluding tert-OH is 1. The highest BCUT2D eigenvalue weighted by Gasteiger charge is 2.73. The van der Waals surface area contributed by atoms with Gasteiger partial charge in [0.15, 0.2) is 0 Å². The lowest BCUT2D eigenvalue weighted by molar-refractivity contribution is -0.154. The summed E-state index contributed by atoms with van der Waals surface area (Å²) in [4.78, 5) is 46.3. The summed E-state index contributed by atoms with van der Waals surface area (Å²) in [6.45, 7) is 3.67. The molecule has 0 bridgehead atoms. The maximum absolute atomic E-state index is 14.5. The van der Waals surface area contributed by atoms with Gasteiger partial charge in [0.25, 0.3) is 0 Å². The Labute approximate surface area is 231 Å². The third-order valence-electron chi connectivity index (χ3n) is 9.35. The number of unbranched alkanes of at least 4 members (excludes halogenated alkanes) is 3. The van der Waals surface area contributed by atoms with Gasteiger partial charge in [-0.3, -0.25) is 14.4 Å². The number of allylic oxidation sites excluding steroid dienone is 1. The lowest BCUT2D eigenvalue weighted by atomic mass is 9.74. The van der Waals surface area contributed by atoms with Gasteiger partial charge in [0, 0.05) is 30.5 Å². The van der Waals surface area contributed by atoms with Crippen LogP contribution in [0, 0.1) is 11.8 Å². The summed E-state index contributed by atoms with van der Waals surface area (Å²) in [5.41, 5.74) is 0. The molecule has 1 N–H and O–H groups in total. The molecular formula is C30H44N2O5S. The molecule has 38 heavy (non-hydrogen) atoms. The SMILES string of the molecule is C[C@@]12/C=C\CCCCOC(=O)[C@@H]1[C@H]1C(=O)N(CCCCCCO)C3C(=O)N(C4CCCCC4)CC=C[C@@]31S2.